The maximum Gasteiger partial charge on any atom is 0.236 e. The van der Waals surface area contributed by atoms with E-state index in [0.29, 0.717) is 6.54 Å². The highest BCUT2D eigenvalue weighted by atomic mass is 35.5. The van der Waals surface area contributed by atoms with E-state index in [0.717, 1.165) is 18.0 Å². The quantitative estimate of drug-likeness (QED) is 0.873. The molecule has 2 unspecified atom stereocenters. The molecule has 3 N–H and O–H groups in total. The van der Waals surface area contributed by atoms with Crippen molar-refractivity contribution in [2.45, 2.75) is 45.8 Å². The normalized spacial score (nSPS) is 20.0. The molecule has 0 aliphatic carbocycles. The van der Waals surface area contributed by atoms with E-state index in [1.165, 1.54) is 31.5 Å². The highest BCUT2D eigenvalue weighted by Crippen LogP contribution is 2.18. The van der Waals surface area contributed by atoms with E-state index < -0.39 is 6.04 Å². The second kappa shape index (κ2) is 9.13. The van der Waals surface area contributed by atoms with Crippen LogP contribution in [0.2, 0.25) is 0 Å². The van der Waals surface area contributed by atoms with E-state index in [-0.39, 0.29) is 18.3 Å². The first-order valence-electron chi connectivity index (χ1n) is 7.88. The molecule has 1 fully saturated rings. The molecular weight excluding hydrogens is 298 g/mol. The molecular formula is C17H28ClN3O. The topological polar surface area (TPSA) is 58.4 Å². The van der Waals surface area contributed by atoms with Crippen LogP contribution < -0.4 is 11.1 Å². The number of nitrogens with one attached hydrogen (secondary N) is 1. The maximum atomic E-state index is 11.4. The van der Waals surface area contributed by atoms with Gasteiger partial charge in [-0.3, -0.25) is 9.69 Å². The Bertz CT molecular complexity index is 461. The van der Waals surface area contributed by atoms with Gasteiger partial charge in [0.25, 0.3) is 0 Å². The summed E-state index contributed by atoms with van der Waals surface area (Å²) >= 11 is 0. The summed E-state index contributed by atoms with van der Waals surface area (Å²) in [6.45, 7) is 8.00. The number of carbonyl (C=O) groups excluding carboxylic acids is 1. The molecule has 1 aliphatic rings. The monoisotopic (exact) mass is 325 g/mol. The van der Waals surface area contributed by atoms with Gasteiger partial charge in [-0.2, -0.15) is 0 Å². The summed E-state index contributed by atoms with van der Waals surface area (Å²) in [7, 11) is 0. The molecule has 4 nitrogen and oxygen atoms in total. The molecule has 0 spiro atoms. The molecule has 22 heavy (non-hydrogen) atoms. The number of hydrogen-bond donors (Lipinski definition) is 2. The lowest BCUT2D eigenvalue weighted by molar-refractivity contribution is -0.122. The lowest BCUT2D eigenvalue weighted by Crippen LogP contribution is -2.37. The van der Waals surface area contributed by atoms with Gasteiger partial charge in [0.1, 0.15) is 0 Å². The molecule has 124 valence electrons. The van der Waals surface area contributed by atoms with Crippen LogP contribution in [0.25, 0.3) is 0 Å². The van der Waals surface area contributed by atoms with Crippen LogP contribution in [0, 0.1) is 5.92 Å². The number of piperidine rings is 1. The number of amides is 1. The smallest absolute Gasteiger partial charge is 0.236 e. The number of nitrogens with two attached hydrogens (primary N) is 1. The van der Waals surface area contributed by atoms with Crippen LogP contribution in [-0.4, -0.2) is 29.9 Å². The van der Waals surface area contributed by atoms with Crippen LogP contribution in [0.4, 0.5) is 0 Å². The van der Waals surface area contributed by atoms with Crippen molar-refractivity contribution >= 4 is 18.3 Å². The molecule has 1 saturated heterocycles. The van der Waals surface area contributed by atoms with Crippen LogP contribution in [0.15, 0.2) is 24.3 Å². The van der Waals surface area contributed by atoms with Crippen molar-refractivity contribution in [1.29, 1.82) is 0 Å². The molecule has 0 bridgehead atoms. The second-order valence-electron chi connectivity index (χ2n) is 6.31. The van der Waals surface area contributed by atoms with Gasteiger partial charge in [0.05, 0.1) is 6.04 Å². The predicted molar refractivity (Wildman–Crippen MR) is 92.9 cm³/mol. The number of benzene rings is 1. The van der Waals surface area contributed by atoms with E-state index >= 15 is 0 Å². The molecule has 1 aliphatic heterocycles. The molecule has 2 rings (SSSR count). The molecule has 1 aromatic rings. The van der Waals surface area contributed by atoms with Gasteiger partial charge in [-0.1, -0.05) is 31.2 Å². The number of rotatable bonds is 5. The third-order valence-corrected chi connectivity index (χ3v) is 4.05. The Kier molecular flexibility index (Phi) is 7.87. The lowest BCUT2D eigenvalue weighted by atomic mass is 9.99. The van der Waals surface area contributed by atoms with Crippen LogP contribution in [-0.2, 0) is 17.9 Å². The fourth-order valence-electron chi connectivity index (χ4n) is 2.80. The van der Waals surface area contributed by atoms with Gasteiger partial charge in [0, 0.05) is 19.6 Å². The van der Waals surface area contributed by atoms with E-state index in [1.54, 1.807) is 6.92 Å². The van der Waals surface area contributed by atoms with Gasteiger partial charge in [0.15, 0.2) is 0 Å². The summed E-state index contributed by atoms with van der Waals surface area (Å²) in [5.74, 6) is 0.702. The molecule has 5 heteroatoms. The maximum absolute atomic E-state index is 11.4. The van der Waals surface area contributed by atoms with E-state index in [9.17, 15) is 4.79 Å². The van der Waals surface area contributed by atoms with Crippen molar-refractivity contribution in [3.63, 3.8) is 0 Å². The first-order valence-corrected chi connectivity index (χ1v) is 7.88. The van der Waals surface area contributed by atoms with E-state index in [2.05, 4.69) is 41.4 Å². The molecule has 2 atom stereocenters. The number of halogens is 1. The number of likely N-dealkylation sites (tertiary alicyclic amines) is 1. The van der Waals surface area contributed by atoms with Gasteiger partial charge in [-0.05, 0) is 43.4 Å². The van der Waals surface area contributed by atoms with E-state index in [1.807, 2.05) is 0 Å². The zero-order valence-corrected chi connectivity index (χ0v) is 14.4. The van der Waals surface area contributed by atoms with Crippen molar-refractivity contribution in [3.8, 4) is 0 Å². The Morgan fingerprint density at radius 2 is 2.00 bits per heavy atom. The Hall–Kier alpha value is -1.10. The van der Waals surface area contributed by atoms with Crippen LogP contribution in [0.5, 0.6) is 0 Å². The van der Waals surface area contributed by atoms with Crippen molar-refractivity contribution in [3.05, 3.63) is 35.4 Å². The first-order chi connectivity index (χ1) is 10.0. The highest BCUT2D eigenvalue weighted by Gasteiger charge is 2.16. The molecule has 1 amide bonds. The summed E-state index contributed by atoms with van der Waals surface area (Å²) in [5, 5.41) is 2.83. The average Bonchev–Trinajstić information content (AvgIpc) is 2.46. The van der Waals surface area contributed by atoms with Gasteiger partial charge in [-0.15, -0.1) is 12.4 Å². The van der Waals surface area contributed by atoms with E-state index in [4.69, 9.17) is 5.73 Å². The van der Waals surface area contributed by atoms with Gasteiger partial charge in [-0.25, -0.2) is 0 Å². The standard InChI is InChI=1S/C17H27N3O.ClH/c1-13-4-3-9-20(11-13)12-16-7-5-15(6-8-16)10-19-17(21)14(2)18;/h5-8,13-14H,3-4,9-12,18H2,1-2H3,(H,19,21);1H. The average molecular weight is 326 g/mol. The van der Waals surface area contributed by atoms with Crippen molar-refractivity contribution in [2.24, 2.45) is 11.7 Å². The number of nitrogens with zero attached hydrogens (tertiary/aromatic N) is 1. The Balaban J connectivity index is 0.00000242. The third-order valence-electron chi connectivity index (χ3n) is 4.05. The van der Waals surface area contributed by atoms with Crippen molar-refractivity contribution < 1.29 is 4.79 Å². The molecule has 0 aromatic heterocycles. The molecule has 1 heterocycles. The Morgan fingerprint density at radius 3 is 2.59 bits per heavy atom. The second-order valence-corrected chi connectivity index (χ2v) is 6.31. The summed E-state index contributed by atoms with van der Waals surface area (Å²) in [6, 6.07) is 8.04. The minimum absolute atomic E-state index is 0. The minimum atomic E-state index is -0.453. The first kappa shape index (κ1) is 18.9. The fraction of sp³-hybridized carbons (Fsp3) is 0.588. The molecule has 0 saturated carbocycles. The Morgan fingerprint density at radius 1 is 1.36 bits per heavy atom. The third kappa shape index (κ3) is 5.95. The SMILES string of the molecule is CC1CCCN(Cc2ccc(CNC(=O)C(C)N)cc2)C1.Cl. The summed E-state index contributed by atoms with van der Waals surface area (Å²) < 4.78 is 0. The summed E-state index contributed by atoms with van der Waals surface area (Å²) in [5.41, 5.74) is 7.97. The summed E-state index contributed by atoms with van der Waals surface area (Å²) in [6.07, 6.45) is 2.66. The predicted octanol–water partition coefficient (Wildman–Crippen LogP) is 2.30. The van der Waals surface area contributed by atoms with Gasteiger partial charge in [0.2, 0.25) is 5.91 Å². The Labute approximate surface area is 139 Å². The highest BCUT2D eigenvalue weighted by molar-refractivity contribution is 5.85. The zero-order valence-electron chi connectivity index (χ0n) is 13.5. The van der Waals surface area contributed by atoms with Crippen molar-refractivity contribution in [2.75, 3.05) is 13.1 Å². The zero-order chi connectivity index (χ0) is 15.2. The molecule has 1 aromatic carbocycles. The number of carbonyl (C=O) groups is 1. The summed E-state index contributed by atoms with van der Waals surface area (Å²) in [4.78, 5) is 14.0. The van der Waals surface area contributed by atoms with Gasteiger partial charge < -0.3 is 11.1 Å². The minimum Gasteiger partial charge on any atom is -0.351 e. The van der Waals surface area contributed by atoms with Crippen LogP contribution >= 0.6 is 12.4 Å². The van der Waals surface area contributed by atoms with Crippen molar-refractivity contribution in [1.82, 2.24) is 10.2 Å². The molecule has 0 radical (unpaired) electrons. The fourth-order valence-corrected chi connectivity index (χ4v) is 2.80. The van der Waals surface area contributed by atoms with Crippen LogP contribution in [0.1, 0.15) is 37.8 Å². The van der Waals surface area contributed by atoms with Gasteiger partial charge >= 0.3 is 0 Å². The van der Waals surface area contributed by atoms with Crippen LogP contribution in [0.3, 0.4) is 0 Å². The largest absolute Gasteiger partial charge is 0.351 e. The number of hydrogen-bond acceptors (Lipinski definition) is 3. The lowest BCUT2D eigenvalue weighted by Gasteiger charge is -2.30.